The minimum Gasteiger partial charge on any atom is -0.497 e. The molecule has 0 saturated carbocycles. The van der Waals surface area contributed by atoms with Crippen LogP contribution in [0.1, 0.15) is 30.0 Å². The molecular formula is C31H36ClN3O6. The molecule has 0 aromatic heterocycles. The van der Waals surface area contributed by atoms with Crippen LogP contribution in [0, 0.1) is 0 Å². The third-order valence-electron chi connectivity index (χ3n) is 6.39. The molecular weight excluding hydrogens is 546 g/mol. The van der Waals surface area contributed by atoms with E-state index in [2.05, 4.69) is 10.4 Å². The van der Waals surface area contributed by atoms with Crippen LogP contribution in [-0.2, 0) is 22.7 Å². The van der Waals surface area contributed by atoms with Crippen LogP contribution >= 0.6 is 11.6 Å². The van der Waals surface area contributed by atoms with Crippen LogP contribution in [0.2, 0.25) is 5.02 Å². The molecule has 9 nitrogen and oxygen atoms in total. The highest BCUT2D eigenvalue weighted by molar-refractivity contribution is 6.49. The van der Waals surface area contributed by atoms with Crippen molar-refractivity contribution >= 4 is 23.2 Å². The highest BCUT2D eigenvalue weighted by Crippen LogP contribution is 2.39. The fourth-order valence-corrected chi connectivity index (χ4v) is 4.37. The quantitative estimate of drug-likeness (QED) is 0.282. The molecule has 10 heteroatoms. The van der Waals surface area contributed by atoms with E-state index in [0.717, 1.165) is 29.0 Å². The number of hydrazone groups is 1. The predicted octanol–water partition coefficient (Wildman–Crippen LogP) is 5.08. The lowest BCUT2D eigenvalue weighted by Crippen LogP contribution is -2.38. The van der Waals surface area contributed by atoms with Crippen LogP contribution in [0.5, 0.6) is 23.0 Å². The van der Waals surface area contributed by atoms with Gasteiger partial charge in [-0.2, -0.15) is 5.10 Å². The number of amides is 1. The number of hydrogen-bond donors (Lipinski definition) is 1. The maximum Gasteiger partial charge on any atom is 0.272 e. The molecule has 1 saturated heterocycles. The van der Waals surface area contributed by atoms with Crippen molar-refractivity contribution in [2.45, 2.75) is 26.6 Å². The minimum absolute atomic E-state index is 0.210. The Labute approximate surface area is 245 Å². The number of ether oxygens (including phenoxy) is 5. The fraction of sp³-hybridized carbons (Fsp3) is 0.355. The second kappa shape index (κ2) is 15.2. The van der Waals surface area contributed by atoms with Crippen molar-refractivity contribution in [1.82, 2.24) is 10.3 Å². The van der Waals surface area contributed by atoms with Crippen molar-refractivity contribution in [3.63, 3.8) is 0 Å². The van der Waals surface area contributed by atoms with Crippen molar-refractivity contribution in [2.75, 3.05) is 47.1 Å². The van der Waals surface area contributed by atoms with Crippen LogP contribution in [0.4, 0.5) is 0 Å². The first-order chi connectivity index (χ1) is 20.0. The van der Waals surface area contributed by atoms with Gasteiger partial charge in [0.15, 0.2) is 17.2 Å². The molecule has 0 bridgehead atoms. The fourth-order valence-electron chi connectivity index (χ4n) is 4.07. The van der Waals surface area contributed by atoms with Gasteiger partial charge in [0.2, 0.25) is 0 Å². The predicted molar refractivity (Wildman–Crippen MR) is 158 cm³/mol. The normalized spacial score (nSPS) is 13.5. The van der Waals surface area contributed by atoms with E-state index in [1.54, 1.807) is 26.4 Å². The van der Waals surface area contributed by atoms with Crippen LogP contribution in [0.15, 0.2) is 65.8 Å². The topological polar surface area (TPSA) is 90.9 Å². The zero-order chi connectivity index (χ0) is 29.0. The van der Waals surface area contributed by atoms with Crippen molar-refractivity contribution in [1.29, 1.82) is 0 Å². The van der Waals surface area contributed by atoms with Crippen LogP contribution in [0.25, 0.3) is 0 Å². The monoisotopic (exact) mass is 581 g/mol. The molecule has 41 heavy (non-hydrogen) atoms. The summed E-state index contributed by atoms with van der Waals surface area (Å²) in [6.07, 6.45) is 0.790. The Kier molecular flexibility index (Phi) is 11.1. The molecule has 3 aromatic rings. The molecule has 0 spiro atoms. The molecule has 0 atom stereocenters. The highest BCUT2D eigenvalue weighted by Gasteiger charge is 2.24. The number of benzene rings is 3. The third kappa shape index (κ3) is 8.28. The first-order valence-electron chi connectivity index (χ1n) is 13.6. The van der Waals surface area contributed by atoms with E-state index in [-0.39, 0.29) is 29.9 Å². The van der Waals surface area contributed by atoms with Gasteiger partial charge in [0.1, 0.15) is 24.7 Å². The van der Waals surface area contributed by atoms with Crippen molar-refractivity contribution in [3.05, 3.63) is 82.4 Å². The lowest BCUT2D eigenvalue weighted by molar-refractivity contribution is -0.114. The number of nitrogens with one attached hydrogen (secondary N) is 1. The van der Waals surface area contributed by atoms with Gasteiger partial charge in [-0.1, -0.05) is 42.8 Å². The summed E-state index contributed by atoms with van der Waals surface area (Å²) < 4.78 is 28.4. The number of morpholine rings is 1. The Morgan fingerprint density at radius 1 is 0.902 bits per heavy atom. The van der Waals surface area contributed by atoms with E-state index in [1.165, 1.54) is 0 Å². The standard InChI is InChI=1S/C31H36ClN3O6/c1-4-15-33-31(36)29(34-35-16-18-39-19-17-35)26-13-14-27(40-20-22-5-9-24(37-2)10-6-22)30(28(26)32)41-21-23-7-11-25(38-3)12-8-23/h5-14H,4,15-21H2,1-3H3,(H,33,36)/b34-29-. The van der Waals surface area contributed by atoms with Gasteiger partial charge in [-0.25, -0.2) is 0 Å². The second-order valence-electron chi connectivity index (χ2n) is 9.30. The molecule has 1 aliphatic heterocycles. The van der Waals surface area contributed by atoms with Crippen molar-refractivity contribution in [3.8, 4) is 23.0 Å². The van der Waals surface area contributed by atoms with Gasteiger partial charge in [0, 0.05) is 12.1 Å². The lowest BCUT2D eigenvalue weighted by Gasteiger charge is -2.25. The van der Waals surface area contributed by atoms with Crippen LogP contribution < -0.4 is 24.3 Å². The maximum absolute atomic E-state index is 13.3. The largest absolute Gasteiger partial charge is 0.497 e. The Balaban J connectivity index is 1.67. The smallest absolute Gasteiger partial charge is 0.272 e. The zero-order valence-corrected chi connectivity index (χ0v) is 24.4. The molecule has 218 valence electrons. The van der Waals surface area contributed by atoms with Crippen molar-refractivity contribution in [2.24, 2.45) is 5.10 Å². The maximum atomic E-state index is 13.3. The number of halogens is 1. The Bertz CT molecular complexity index is 1310. The number of nitrogens with zero attached hydrogens (tertiary/aromatic N) is 2. The Morgan fingerprint density at radius 2 is 1.49 bits per heavy atom. The third-order valence-corrected chi connectivity index (χ3v) is 6.77. The van der Waals surface area contributed by atoms with E-state index >= 15 is 0 Å². The first-order valence-corrected chi connectivity index (χ1v) is 13.9. The summed E-state index contributed by atoms with van der Waals surface area (Å²) >= 11 is 6.99. The van der Waals surface area contributed by atoms with E-state index < -0.39 is 0 Å². The summed E-state index contributed by atoms with van der Waals surface area (Å²) in [7, 11) is 3.25. The number of rotatable bonds is 13. The van der Waals surface area contributed by atoms with Crippen LogP contribution in [0.3, 0.4) is 0 Å². The van der Waals surface area contributed by atoms with Gasteiger partial charge in [-0.05, 0) is 53.9 Å². The van der Waals surface area contributed by atoms with Crippen molar-refractivity contribution < 1.29 is 28.5 Å². The van der Waals surface area contributed by atoms with E-state index in [9.17, 15) is 4.79 Å². The van der Waals surface area contributed by atoms with E-state index in [4.69, 9.17) is 35.3 Å². The van der Waals surface area contributed by atoms with Gasteiger partial charge >= 0.3 is 0 Å². The molecule has 0 radical (unpaired) electrons. The van der Waals surface area contributed by atoms with E-state index in [0.29, 0.717) is 49.9 Å². The van der Waals surface area contributed by atoms with E-state index in [1.807, 2.05) is 60.5 Å². The van der Waals surface area contributed by atoms with Gasteiger partial charge in [-0.3, -0.25) is 9.80 Å². The minimum atomic E-state index is -0.312. The average Bonchev–Trinajstić information content (AvgIpc) is 3.02. The number of carbonyl (C=O) groups excluding carboxylic acids is 1. The molecule has 4 rings (SSSR count). The number of methoxy groups -OCH3 is 2. The molecule has 1 aliphatic rings. The summed E-state index contributed by atoms with van der Waals surface area (Å²) in [5, 5.41) is 9.68. The number of carbonyl (C=O) groups is 1. The molecule has 1 heterocycles. The van der Waals surface area contributed by atoms with Gasteiger partial charge in [0.05, 0.1) is 45.5 Å². The zero-order valence-electron chi connectivity index (χ0n) is 23.7. The SMILES string of the molecule is CCCNC(=O)/C(=N\N1CCOCC1)c1ccc(OCc2ccc(OC)cc2)c(OCc2ccc(OC)cc2)c1Cl. The lowest BCUT2D eigenvalue weighted by atomic mass is 10.1. The molecule has 1 amide bonds. The highest BCUT2D eigenvalue weighted by atomic mass is 35.5. The molecule has 1 N–H and O–H groups in total. The summed E-state index contributed by atoms with van der Waals surface area (Å²) in [4.78, 5) is 13.3. The summed E-state index contributed by atoms with van der Waals surface area (Å²) in [5.74, 6) is 1.97. The summed E-state index contributed by atoms with van der Waals surface area (Å²) in [5.41, 5.74) is 2.52. The summed E-state index contributed by atoms with van der Waals surface area (Å²) in [6.45, 7) is 5.24. The molecule has 1 fully saturated rings. The molecule has 0 unspecified atom stereocenters. The van der Waals surface area contributed by atoms with Gasteiger partial charge < -0.3 is 29.0 Å². The average molecular weight is 582 g/mol. The van der Waals surface area contributed by atoms with Gasteiger partial charge in [0.25, 0.3) is 5.91 Å². The Morgan fingerprint density at radius 3 is 2.05 bits per heavy atom. The molecule has 3 aromatic carbocycles. The molecule has 0 aliphatic carbocycles. The number of hydrogen-bond acceptors (Lipinski definition) is 8. The Hall–Kier alpha value is -3.95. The van der Waals surface area contributed by atoms with Crippen LogP contribution in [-0.4, -0.2) is 63.7 Å². The summed E-state index contributed by atoms with van der Waals surface area (Å²) in [6, 6.07) is 18.7. The van der Waals surface area contributed by atoms with Gasteiger partial charge in [-0.15, -0.1) is 0 Å². The second-order valence-corrected chi connectivity index (χ2v) is 9.68. The first kappa shape index (κ1) is 30.0.